The van der Waals surface area contributed by atoms with Crippen LogP contribution in [0.4, 0.5) is 0 Å². The monoisotopic (exact) mass is 212 g/mol. The van der Waals surface area contributed by atoms with Gasteiger partial charge in [0.1, 0.15) is 11.7 Å². The maximum absolute atomic E-state index is 11.4. The zero-order chi connectivity index (χ0) is 10.8. The van der Waals surface area contributed by atoms with Crippen molar-refractivity contribution >= 4 is 5.78 Å². The van der Waals surface area contributed by atoms with Gasteiger partial charge < -0.3 is 19.3 Å². The molecule has 3 aliphatic rings. The molecule has 2 fully saturated rings. The summed E-state index contributed by atoms with van der Waals surface area (Å²) in [6.45, 7) is 3.49. The summed E-state index contributed by atoms with van der Waals surface area (Å²) in [5.74, 6) is -1.02. The first-order valence-electron chi connectivity index (χ1n) is 4.89. The third-order valence-corrected chi connectivity index (χ3v) is 2.98. The van der Waals surface area contributed by atoms with Crippen LogP contribution in [0.2, 0.25) is 0 Å². The lowest BCUT2D eigenvalue weighted by Crippen LogP contribution is -2.46. The van der Waals surface area contributed by atoms with E-state index in [9.17, 15) is 9.90 Å². The van der Waals surface area contributed by atoms with Gasteiger partial charge >= 0.3 is 0 Å². The Bertz CT molecular complexity index is 361. The van der Waals surface area contributed by atoms with E-state index < -0.39 is 29.9 Å². The van der Waals surface area contributed by atoms with Gasteiger partial charge in [-0.1, -0.05) is 0 Å². The quantitative estimate of drug-likeness (QED) is 0.599. The minimum Gasteiger partial charge on any atom is -0.380 e. The molecule has 15 heavy (non-hydrogen) atoms. The smallest absolute Gasteiger partial charge is 0.191 e. The molecule has 1 aliphatic carbocycles. The topological polar surface area (TPSA) is 65.0 Å². The van der Waals surface area contributed by atoms with Gasteiger partial charge in [0, 0.05) is 0 Å². The van der Waals surface area contributed by atoms with Crippen molar-refractivity contribution in [1.29, 1.82) is 0 Å². The van der Waals surface area contributed by atoms with Crippen LogP contribution >= 0.6 is 0 Å². The second-order valence-corrected chi connectivity index (χ2v) is 4.56. The first-order valence-corrected chi connectivity index (χ1v) is 4.89. The summed E-state index contributed by atoms with van der Waals surface area (Å²) in [5.41, 5.74) is -1.37. The summed E-state index contributed by atoms with van der Waals surface area (Å²) < 4.78 is 16.3. The predicted molar refractivity (Wildman–Crippen MR) is 47.8 cm³/mol. The number of hydrogen-bond acceptors (Lipinski definition) is 5. The molecule has 0 saturated carbocycles. The van der Waals surface area contributed by atoms with E-state index in [-0.39, 0.29) is 5.78 Å². The van der Waals surface area contributed by atoms with Crippen LogP contribution in [0.25, 0.3) is 0 Å². The van der Waals surface area contributed by atoms with Crippen LogP contribution in [0.15, 0.2) is 12.2 Å². The largest absolute Gasteiger partial charge is 0.380 e. The average molecular weight is 212 g/mol. The number of carbonyl (C=O) groups is 1. The highest BCUT2D eigenvalue weighted by Crippen LogP contribution is 2.45. The van der Waals surface area contributed by atoms with E-state index in [1.54, 1.807) is 13.8 Å². The molecule has 0 amide bonds. The molecule has 1 unspecified atom stereocenters. The molecule has 0 radical (unpaired) electrons. The van der Waals surface area contributed by atoms with E-state index in [0.717, 1.165) is 0 Å². The molecule has 0 aromatic rings. The van der Waals surface area contributed by atoms with Gasteiger partial charge in [0.15, 0.2) is 24.0 Å². The van der Waals surface area contributed by atoms with Crippen LogP contribution in [0.5, 0.6) is 0 Å². The minimum absolute atomic E-state index is 0.239. The third kappa shape index (κ3) is 1.09. The molecule has 5 heteroatoms. The Hall–Kier alpha value is -0.750. The van der Waals surface area contributed by atoms with Crippen molar-refractivity contribution in [2.75, 3.05) is 0 Å². The number of aliphatic hydroxyl groups is 1. The highest BCUT2D eigenvalue weighted by atomic mass is 16.8. The molecule has 2 aliphatic heterocycles. The first kappa shape index (κ1) is 9.47. The zero-order valence-electron chi connectivity index (χ0n) is 8.47. The van der Waals surface area contributed by atoms with Crippen molar-refractivity contribution in [3.05, 3.63) is 12.2 Å². The van der Waals surface area contributed by atoms with E-state index in [0.29, 0.717) is 0 Å². The number of ketones is 1. The normalized spacial score (nSPS) is 50.9. The summed E-state index contributed by atoms with van der Waals surface area (Å²) in [4.78, 5) is 11.4. The van der Waals surface area contributed by atoms with E-state index in [1.807, 2.05) is 0 Å². The molecular weight excluding hydrogens is 200 g/mol. The van der Waals surface area contributed by atoms with Crippen LogP contribution in [0, 0.1) is 0 Å². The van der Waals surface area contributed by atoms with Gasteiger partial charge in [-0.05, 0) is 26.0 Å². The summed E-state index contributed by atoms with van der Waals surface area (Å²) >= 11 is 0. The molecule has 5 nitrogen and oxygen atoms in total. The molecule has 0 spiro atoms. The maximum atomic E-state index is 11.4. The fourth-order valence-electron chi connectivity index (χ4n) is 2.31. The molecule has 82 valence electrons. The van der Waals surface area contributed by atoms with Gasteiger partial charge in [-0.15, -0.1) is 0 Å². The molecule has 3 rings (SSSR count). The van der Waals surface area contributed by atoms with Crippen LogP contribution in [-0.2, 0) is 19.0 Å². The number of hydrogen-bond donors (Lipinski definition) is 1. The maximum Gasteiger partial charge on any atom is 0.191 e. The first-order chi connectivity index (χ1) is 6.92. The van der Waals surface area contributed by atoms with Crippen LogP contribution < -0.4 is 0 Å². The number of fused-ring (bicyclic) bond motifs is 3. The summed E-state index contributed by atoms with van der Waals surface area (Å²) in [6, 6.07) is 0. The molecule has 2 saturated heterocycles. The van der Waals surface area contributed by atoms with Gasteiger partial charge in [-0.3, -0.25) is 4.79 Å². The standard InChI is InChI=1S/C10H12O5/c1-9(2)14-7-8(15-9)13-6-5(11)3-4-10(6,7)12/h3-4,6-8,12H,1-2H3/t6?,7-,8+,10+/m0/s1. The van der Waals surface area contributed by atoms with Gasteiger partial charge in [0.25, 0.3) is 0 Å². The molecule has 0 aromatic carbocycles. The van der Waals surface area contributed by atoms with Crippen LogP contribution in [0.3, 0.4) is 0 Å². The van der Waals surface area contributed by atoms with E-state index in [4.69, 9.17) is 14.2 Å². The number of ether oxygens (including phenoxy) is 3. The molecule has 0 aromatic heterocycles. The van der Waals surface area contributed by atoms with E-state index in [2.05, 4.69) is 0 Å². The molecule has 2 heterocycles. The third-order valence-electron chi connectivity index (χ3n) is 2.98. The lowest BCUT2D eigenvalue weighted by atomic mass is 9.96. The second kappa shape index (κ2) is 2.49. The Morgan fingerprint density at radius 1 is 1.40 bits per heavy atom. The van der Waals surface area contributed by atoms with E-state index >= 15 is 0 Å². The number of carbonyl (C=O) groups excluding carboxylic acids is 1. The Balaban J connectivity index is 1.96. The zero-order valence-corrected chi connectivity index (χ0v) is 8.47. The fraction of sp³-hybridized carbons (Fsp3) is 0.700. The minimum atomic E-state index is -1.37. The van der Waals surface area contributed by atoms with Crippen LogP contribution in [0.1, 0.15) is 13.8 Å². The van der Waals surface area contributed by atoms with Crippen molar-refractivity contribution in [3.8, 4) is 0 Å². The van der Waals surface area contributed by atoms with Gasteiger partial charge in [-0.25, -0.2) is 0 Å². The Kier molecular flexibility index (Phi) is 1.57. The summed E-state index contributed by atoms with van der Waals surface area (Å²) in [7, 11) is 0. The highest BCUT2D eigenvalue weighted by Gasteiger charge is 2.65. The molecule has 1 N–H and O–H groups in total. The Morgan fingerprint density at radius 2 is 2.13 bits per heavy atom. The summed E-state index contributed by atoms with van der Waals surface area (Å²) in [5, 5.41) is 10.3. The number of rotatable bonds is 0. The lowest BCUT2D eigenvalue weighted by molar-refractivity contribution is -0.219. The van der Waals surface area contributed by atoms with Crippen molar-refractivity contribution in [2.24, 2.45) is 0 Å². The van der Waals surface area contributed by atoms with Gasteiger partial charge in [0.2, 0.25) is 0 Å². The molecular formula is C10H12O5. The highest BCUT2D eigenvalue weighted by molar-refractivity contribution is 5.98. The molecule has 4 atom stereocenters. The summed E-state index contributed by atoms with van der Waals surface area (Å²) in [6.07, 6.45) is 0.609. The van der Waals surface area contributed by atoms with Crippen molar-refractivity contribution in [2.45, 2.75) is 43.7 Å². The fourth-order valence-corrected chi connectivity index (χ4v) is 2.31. The Labute approximate surface area is 86.6 Å². The van der Waals surface area contributed by atoms with Gasteiger partial charge in [0.05, 0.1) is 0 Å². The van der Waals surface area contributed by atoms with Crippen molar-refractivity contribution < 1.29 is 24.1 Å². The lowest BCUT2D eigenvalue weighted by Gasteiger charge is -2.26. The van der Waals surface area contributed by atoms with Crippen LogP contribution in [-0.4, -0.2) is 40.8 Å². The predicted octanol–water partition coefficient (Wildman–Crippen LogP) is -0.267. The van der Waals surface area contributed by atoms with Gasteiger partial charge in [-0.2, -0.15) is 0 Å². The van der Waals surface area contributed by atoms with Crippen molar-refractivity contribution in [1.82, 2.24) is 0 Å². The van der Waals surface area contributed by atoms with E-state index in [1.165, 1.54) is 12.2 Å². The van der Waals surface area contributed by atoms with Crippen molar-refractivity contribution in [3.63, 3.8) is 0 Å². The Morgan fingerprint density at radius 3 is 2.87 bits per heavy atom. The average Bonchev–Trinajstić information content (AvgIpc) is 2.65. The SMILES string of the molecule is CC1(C)O[C@H]2OC3C(=O)C=C[C@]3(O)[C@H]2O1. The molecule has 0 bridgehead atoms. The second-order valence-electron chi connectivity index (χ2n) is 4.56.